The molecule has 0 fully saturated rings. The van der Waals surface area contributed by atoms with Crippen LogP contribution in [0.5, 0.6) is 0 Å². The number of benzene rings is 2. The van der Waals surface area contributed by atoms with Crippen molar-refractivity contribution in [3.05, 3.63) is 64.2 Å². The lowest BCUT2D eigenvalue weighted by Gasteiger charge is -2.17. The topological polar surface area (TPSA) is 80.8 Å². The van der Waals surface area contributed by atoms with Crippen molar-refractivity contribution in [3.8, 4) is 0 Å². The molecule has 0 amide bonds. The van der Waals surface area contributed by atoms with Gasteiger partial charge in [0.1, 0.15) is 6.54 Å². The molecule has 2 rings (SSSR count). The number of aryl methyl sites for hydroxylation is 4. The lowest BCUT2D eigenvalue weighted by Crippen LogP contribution is -2.33. The zero-order valence-corrected chi connectivity index (χ0v) is 17.6. The fourth-order valence-electron chi connectivity index (χ4n) is 3.04. The zero-order chi connectivity index (χ0) is 21.1. The predicted molar refractivity (Wildman–Crippen MR) is 107 cm³/mol. The van der Waals surface area contributed by atoms with Crippen LogP contribution < -0.4 is 0 Å². The van der Waals surface area contributed by atoms with Gasteiger partial charge < -0.3 is 4.74 Å². The summed E-state index contributed by atoms with van der Waals surface area (Å²) in [6.07, 6.45) is 0. The van der Waals surface area contributed by atoms with E-state index in [0.717, 1.165) is 26.6 Å². The molecular weight excluding hydrogens is 378 g/mol. The molecule has 28 heavy (non-hydrogen) atoms. The normalized spacial score (nSPS) is 11.5. The minimum Gasteiger partial charge on any atom is -0.456 e. The number of hydrogen-bond donors (Lipinski definition) is 0. The highest BCUT2D eigenvalue weighted by atomic mass is 32.2. The van der Waals surface area contributed by atoms with Crippen LogP contribution in [0.4, 0.5) is 0 Å². The van der Waals surface area contributed by atoms with E-state index in [1.165, 1.54) is 19.2 Å². The van der Waals surface area contributed by atoms with Gasteiger partial charge in [-0.15, -0.1) is 0 Å². The smallest absolute Gasteiger partial charge is 0.321 e. The lowest BCUT2D eigenvalue weighted by atomic mass is 9.97. The molecule has 0 saturated carbocycles. The molecule has 0 atom stereocenters. The highest BCUT2D eigenvalue weighted by molar-refractivity contribution is 7.89. The Morgan fingerprint density at radius 2 is 1.46 bits per heavy atom. The first kappa shape index (κ1) is 21.8. The number of sulfonamides is 1. The molecule has 0 heterocycles. The van der Waals surface area contributed by atoms with Crippen LogP contribution in [0.25, 0.3) is 0 Å². The summed E-state index contributed by atoms with van der Waals surface area (Å²) < 4.78 is 31.0. The largest absolute Gasteiger partial charge is 0.456 e. The van der Waals surface area contributed by atoms with Crippen LogP contribution in [0.15, 0.2) is 41.3 Å². The van der Waals surface area contributed by atoms with Gasteiger partial charge >= 0.3 is 5.97 Å². The molecule has 6 nitrogen and oxygen atoms in total. The molecule has 0 unspecified atom stereocenters. The van der Waals surface area contributed by atoms with Crippen LogP contribution in [0, 0.1) is 27.7 Å². The van der Waals surface area contributed by atoms with E-state index in [1.807, 2.05) is 39.8 Å². The average Bonchev–Trinajstić information content (AvgIpc) is 2.59. The number of carbonyl (C=O) groups is 2. The number of carbonyl (C=O) groups excluding carboxylic acids is 2. The molecule has 150 valence electrons. The molecular formula is C21H25NO5S. The van der Waals surface area contributed by atoms with Crippen molar-refractivity contribution < 1.29 is 22.7 Å². The number of hydrogen-bond acceptors (Lipinski definition) is 5. The van der Waals surface area contributed by atoms with Crippen LogP contribution in [0.3, 0.4) is 0 Å². The fourth-order valence-corrected chi connectivity index (χ4v) is 4.16. The molecule has 2 aromatic carbocycles. The van der Waals surface area contributed by atoms with E-state index < -0.39 is 29.1 Å². The lowest BCUT2D eigenvalue weighted by molar-refractivity contribution is -0.142. The molecule has 0 saturated heterocycles. The second-order valence-electron chi connectivity index (χ2n) is 6.93. The third kappa shape index (κ3) is 5.05. The highest BCUT2D eigenvalue weighted by Gasteiger charge is 2.24. The Bertz CT molecular complexity index is 971. The first-order valence-corrected chi connectivity index (χ1v) is 10.3. The van der Waals surface area contributed by atoms with Gasteiger partial charge in [-0.1, -0.05) is 35.4 Å². The highest BCUT2D eigenvalue weighted by Crippen LogP contribution is 2.18. The molecule has 0 radical (unpaired) electrons. The van der Waals surface area contributed by atoms with Gasteiger partial charge in [0.05, 0.1) is 4.90 Å². The first-order chi connectivity index (χ1) is 13.0. The number of nitrogens with zero attached hydrogens (tertiary/aromatic N) is 1. The summed E-state index contributed by atoms with van der Waals surface area (Å²) in [4.78, 5) is 24.6. The number of likely N-dealkylation sites (N-methyl/N-ethyl adjacent to an activating group) is 1. The molecule has 0 aliphatic carbocycles. The molecule has 0 N–H and O–H groups in total. The third-order valence-corrected chi connectivity index (χ3v) is 6.22. The summed E-state index contributed by atoms with van der Waals surface area (Å²) >= 11 is 0. The fraction of sp³-hybridized carbons (Fsp3) is 0.333. The van der Waals surface area contributed by atoms with Crippen LogP contribution in [0.1, 0.15) is 32.6 Å². The molecule has 0 spiro atoms. The average molecular weight is 404 g/mol. The van der Waals surface area contributed by atoms with Crippen molar-refractivity contribution >= 4 is 21.8 Å². The Morgan fingerprint density at radius 1 is 0.929 bits per heavy atom. The Hall–Kier alpha value is -2.51. The Morgan fingerprint density at radius 3 is 2.00 bits per heavy atom. The van der Waals surface area contributed by atoms with E-state index in [4.69, 9.17) is 4.74 Å². The summed E-state index contributed by atoms with van der Waals surface area (Å²) in [5.74, 6) is -1.10. The van der Waals surface area contributed by atoms with Crippen LogP contribution in [0.2, 0.25) is 0 Å². The van der Waals surface area contributed by atoms with Gasteiger partial charge in [-0.3, -0.25) is 9.59 Å². The molecule has 0 aliphatic rings. The summed E-state index contributed by atoms with van der Waals surface area (Å²) in [6.45, 7) is 6.55. The van der Waals surface area contributed by atoms with E-state index in [1.54, 1.807) is 12.1 Å². The van der Waals surface area contributed by atoms with Crippen LogP contribution in [-0.4, -0.2) is 44.7 Å². The summed E-state index contributed by atoms with van der Waals surface area (Å²) in [5.41, 5.74) is 4.14. The Balaban J connectivity index is 2.00. The van der Waals surface area contributed by atoms with Crippen molar-refractivity contribution in [1.82, 2.24) is 4.31 Å². The van der Waals surface area contributed by atoms with Gasteiger partial charge in [0.15, 0.2) is 6.61 Å². The molecule has 0 bridgehead atoms. The van der Waals surface area contributed by atoms with Gasteiger partial charge in [0, 0.05) is 12.6 Å². The van der Waals surface area contributed by atoms with Crippen molar-refractivity contribution in [2.24, 2.45) is 0 Å². The maximum absolute atomic E-state index is 12.5. The van der Waals surface area contributed by atoms with Crippen LogP contribution in [-0.2, 0) is 19.6 Å². The van der Waals surface area contributed by atoms with Crippen molar-refractivity contribution in [2.45, 2.75) is 32.6 Å². The number of Topliss-reactive ketones (excluding diaryl/α,β-unsaturated/α-hetero) is 1. The van der Waals surface area contributed by atoms with E-state index in [-0.39, 0.29) is 10.7 Å². The number of ether oxygens (including phenoxy) is 1. The second-order valence-corrected chi connectivity index (χ2v) is 8.98. The van der Waals surface area contributed by atoms with E-state index in [2.05, 4.69) is 0 Å². The number of ketones is 1. The molecule has 0 aromatic heterocycles. The monoisotopic (exact) mass is 403 g/mol. The summed E-state index contributed by atoms with van der Waals surface area (Å²) in [6, 6.07) is 10.1. The van der Waals surface area contributed by atoms with Gasteiger partial charge in [-0.2, -0.15) is 4.31 Å². The van der Waals surface area contributed by atoms with Gasteiger partial charge in [0.2, 0.25) is 15.8 Å². The van der Waals surface area contributed by atoms with E-state index in [9.17, 15) is 18.0 Å². The molecule has 7 heteroatoms. The minimum absolute atomic E-state index is 0.0929. The van der Waals surface area contributed by atoms with Crippen molar-refractivity contribution in [3.63, 3.8) is 0 Å². The number of rotatable bonds is 7. The Kier molecular flexibility index (Phi) is 6.74. The number of esters is 1. The minimum atomic E-state index is -3.81. The van der Waals surface area contributed by atoms with Gasteiger partial charge in [-0.05, 0) is 51.0 Å². The SMILES string of the molecule is Cc1ccc(S(=O)(=O)N(C)CC(=O)OCC(=O)c2c(C)cc(C)cc2C)cc1. The van der Waals surface area contributed by atoms with Crippen molar-refractivity contribution in [1.29, 1.82) is 0 Å². The second kappa shape index (κ2) is 8.67. The summed E-state index contributed by atoms with van der Waals surface area (Å²) in [5, 5.41) is 0. The van der Waals surface area contributed by atoms with E-state index in [0.29, 0.717) is 5.56 Å². The van der Waals surface area contributed by atoms with Crippen molar-refractivity contribution in [2.75, 3.05) is 20.2 Å². The zero-order valence-electron chi connectivity index (χ0n) is 16.8. The maximum atomic E-state index is 12.5. The molecule has 0 aliphatic heterocycles. The van der Waals surface area contributed by atoms with Gasteiger partial charge in [0.25, 0.3) is 0 Å². The first-order valence-electron chi connectivity index (χ1n) is 8.82. The quantitative estimate of drug-likeness (QED) is 0.524. The van der Waals surface area contributed by atoms with Gasteiger partial charge in [-0.25, -0.2) is 8.42 Å². The molecule has 2 aromatic rings. The summed E-state index contributed by atoms with van der Waals surface area (Å²) in [7, 11) is -2.51. The van der Waals surface area contributed by atoms with Crippen LogP contribution >= 0.6 is 0 Å². The van der Waals surface area contributed by atoms with E-state index >= 15 is 0 Å². The maximum Gasteiger partial charge on any atom is 0.321 e. The Labute approximate surface area is 166 Å². The predicted octanol–water partition coefficient (Wildman–Crippen LogP) is 2.97. The standard InChI is InChI=1S/C21H25NO5S/c1-14-6-8-18(9-7-14)28(25,26)22(5)12-20(24)27-13-19(23)21-16(3)10-15(2)11-17(21)4/h6-11H,12-13H2,1-5H3. The third-order valence-electron chi connectivity index (χ3n) is 4.40.